The smallest absolute Gasteiger partial charge is 0.119 e. The number of ether oxygens (including phenoxy) is 2. The first-order chi connectivity index (χ1) is 8.74. The van der Waals surface area contributed by atoms with Crippen molar-refractivity contribution in [3.05, 3.63) is 30.3 Å². The van der Waals surface area contributed by atoms with E-state index in [4.69, 9.17) is 9.47 Å². The molecule has 2 atom stereocenters. The number of benzene rings is 1. The zero-order valence-electron chi connectivity index (χ0n) is 11.4. The Bertz CT molecular complexity index is 332. The summed E-state index contributed by atoms with van der Waals surface area (Å²) in [5.74, 6) is 0.969. The van der Waals surface area contributed by atoms with Gasteiger partial charge in [0.2, 0.25) is 0 Å². The molecule has 1 heterocycles. The van der Waals surface area contributed by atoms with Gasteiger partial charge in [-0.3, -0.25) is 0 Å². The van der Waals surface area contributed by atoms with Crippen molar-refractivity contribution in [2.75, 3.05) is 26.2 Å². The second-order valence-corrected chi connectivity index (χ2v) is 5.18. The normalized spacial score (nSPS) is 28.0. The Balaban J connectivity index is 1.63. The molecule has 3 heteroatoms. The van der Waals surface area contributed by atoms with Crippen LogP contribution in [0.25, 0.3) is 0 Å². The summed E-state index contributed by atoms with van der Waals surface area (Å²) in [5.41, 5.74) is 0. The van der Waals surface area contributed by atoms with Gasteiger partial charge in [-0.1, -0.05) is 18.2 Å². The molecule has 0 bridgehead atoms. The number of para-hydroxylation sites is 1. The Morgan fingerprint density at radius 2 is 1.83 bits per heavy atom. The van der Waals surface area contributed by atoms with Crippen molar-refractivity contribution in [2.45, 2.75) is 32.5 Å². The summed E-state index contributed by atoms with van der Waals surface area (Å²) in [4.78, 5) is 1.64. The fourth-order valence-electron chi connectivity index (χ4n) is 2.62. The zero-order chi connectivity index (χ0) is 12.8. The monoisotopic (exact) mass is 250 g/mol. The van der Waals surface area contributed by atoms with E-state index in [1.807, 2.05) is 30.3 Å². The molecule has 1 N–H and O–H groups in total. The molecular weight excluding hydrogens is 226 g/mol. The maximum atomic E-state index is 5.74. The number of hydrogen-bond acceptors (Lipinski definition) is 2. The molecule has 1 aromatic rings. The average molecular weight is 250 g/mol. The van der Waals surface area contributed by atoms with Gasteiger partial charge in [-0.2, -0.15) is 0 Å². The summed E-state index contributed by atoms with van der Waals surface area (Å²) >= 11 is 0. The van der Waals surface area contributed by atoms with Gasteiger partial charge in [0, 0.05) is 6.42 Å². The van der Waals surface area contributed by atoms with Gasteiger partial charge < -0.3 is 14.4 Å². The third-order valence-electron chi connectivity index (χ3n) is 3.30. The first-order valence-electron chi connectivity index (χ1n) is 6.91. The lowest BCUT2D eigenvalue weighted by Gasteiger charge is -2.32. The van der Waals surface area contributed by atoms with Gasteiger partial charge in [0.25, 0.3) is 0 Å². The van der Waals surface area contributed by atoms with Gasteiger partial charge >= 0.3 is 0 Å². The Morgan fingerprint density at radius 3 is 2.50 bits per heavy atom. The predicted octanol–water partition coefficient (Wildman–Crippen LogP) is 1.15. The van der Waals surface area contributed by atoms with E-state index in [0.717, 1.165) is 31.9 Å². The van der Waals surface area contributed by atoms with Gasteiger partial charge in [-0.05, 0) is 26.0 Å². The second kappa shape index (κ2) is 6.76. The molecule has 1 aliphatic heterocycles. The molecule has 100 valence electrons. The van der Waals surface area contributed by atoms with E-state index in [9.17, 15) is 0 Å². The Hall–Kier alpha value is -1.06. The van der Waals surface area contributed by atoms with Crippen LogP contribution in [-0.4, -0.2) is 38.4 Å². The molecular formula is C15H24NO2+. The quantitative estimate of drug-likeness (QED) is 0.792. The SMILES string of the molecule is C[C@@H]1C[NH+](CCCOc2ccccc2)C[C@@H](C)O1. The Labute approximate surface area is 110 Å². The minimum absolute atomic E-state index is 0.388. The topological polar surface area (TPSA) is 22.9 Å². The van der Waals surface area contributed by atoms with Gasteiger partial charge in [0.15, 0.2) is 0 Å². The third-order valence-corrected chi connectivity index (χ3v) is 3.30. The van der Waals surface area contributed by atoms with Crippen LogP contribution >= 0.6 is 0 Å². The van der Waals surface area contributed by atoms with Crippen molar-refractivity contribution in [1.82, 2.24) is 0 Å². The van der Waals surface area contributed by atoms with E-state index >= 15 is 0 Å². The van der Waals surface area contributed by atoms with Crippen molar-refractivity contribution in [3.8, 4) is 5.75 Å². The largest absolute Gasteiger partial charge is 0.493 e. The minimum atomic E-state index is 0.388. The lowest BCUT2D eigenvalue weighted by Crippen LogP contribution is -3.15. The van der Waals surface area contributed by atoms with E-state index in [0.29, 0.717) is 12.2 Å². The average Bonchev–Trinajstić information content (AvgIpc) is 2.35. The predicted molar refractivity (Wildman–Crippen MR) is 72.1 cm³/mol. The van der Waals surface area contributed by atoms with Crippen LogP contribution in [0.1, 0.15) is 20.3 Å². The molecule has 2 rings (SSSR count). The first kappa shape index (κ1) is 13.4. The highest BCUT2D eigenvalue weighted by Gasteiger charge is 2.24. The van der Waals surface area contributed by atoms with Crippen LogP contribution in [0.4, 0.5) is 0 Å². The van der Waals surface area contributed by atoms with E-state index < -0.39 is 0 Å². The lowest BCUT2D eigenvalue weighted by atomic mass is 10.2. The van der Waals surface area contributed by atoms with E-state index in [1.54, 1.807) is 4.90 Å². The van der Waals surface area contributed by atoms with Crippen LogP contribution in [0.3, 0.4) is 0 Å². The summed E-state index contributed by atoms with van der Waals surface area (Å²) in [7, 11) is 0. The maximum Gasteiger partial charge on any atom is 0.119 e. The highest BCUT2D eigenvalue weighted by molar-refractivity contribution is 5.20. The first-order valence-corrected chi connectivity index (χ1v) is 6.91. The summed E-state index contributed by atoms with van der Waals surface area (Å²) in [6.45, 7) is 8.54. The van der Waals surface area contributed by atoms with Crippen LogP contribution in [-0.2, 0) is 4.74 Å². The van der Waals surface area contributed by atoms with Crippen LogP contribution in [0.5, 0.6) is 5.75 Å². The fraction of sp³-hybridized carbons (Fsp3) is 0.600. The van der Waals surface area contributed by atoms with Gasteiger partial charge in [0.05, 0.1) is 13.2 Å². The third kappa shape index (κ3) is 4.31. The lowest BCUT2D eigenvalue weighted by molar-refractivity contribution is -0.915. The Morgan fingerprint density at radius 1 is 1.17 bits per heavy atom. The van der Waals surface area contributed by atoms with Crippen LogP contribution in [0, 0.1) is 0 Å². The molecule has 0 aromatic heterocycles. The molecule has 0 radical (unpaired) electrons. The summed E-state index contributed by atoms with van der Waals surface area (Å²) in [6, 6.07) is 10.0. The molecule has 3 nitrogen and oxygen atoms in total. The van der Waals surface area contributed by atoms with E-state index in [1.165, 1.54) is 6.54 Å². The molecule has 1 aromatic carbocycles. The van der Waals surface area contributed by atoms with Crippen molar-refractivity contribution in [1.29, 1.82) is 0 Å². The highest BCUT2D eigenvalue weighted by Crippen LogP contribution is 2.08. The molecule has 0 aliphatic carbocycles. The molecule has 0 amide bonds. The van der Waals surface area contributed by atoms with Gasteiger partial charge in [0.1, 0.15) is 31.0 Å². The van der Waals surface area contributed by atoms with E-state index in [-0.39, 0.29) is 0 Å². The zero-order valence-corrected chi connectivity index (χ0v) is 11.4. The molecule has 0 saturated carbocycles. The molecule has 0 spiro atoms. The summed E-state index contributed by atoms with van der Waals surface area (Å²) in [5, 5.41) is 0. The fourth-order valence-corrected chi connectivity index (χ4v) is 2.62. The minimum Gasteiger partial charge on any atom is -0.493 e. The number of nitrogens with one attached hydrogen (secondary N) is 1. The molecule has 0 unspecified atom stereocenters. The van der Waals surface area contributed by atoms with Crippen molar-refractivity contribution in [2.24, 2.45) is 0 Å². The molecule has 1 saturated heterocycles. The summed E-state index contributed by atoms with van der Waals surface area (Å²) in [6.07, 6.45) is 1.88. The number of hydrogen-bond donors (Lipinski definition) is 1. The number of morpholine rings is 1. The van der Waals surface area contributed by atoms with Crippen LogP contribution in [0.2, 0.25) is 0 Å². The number of rotatable bonds is 5. The molecule has 1 fully saturated rings. The van der Waals surface area contributed by atoms with Crippen molar-refractivity contribution >= 4 is 0 Å². The number of quaternary nitrogens is 1. The maximum absolute atomic E-state index is 5.74. The van der Waals surface area contributed by atoms with Crippen molar-refractivity contribution in [3.63, 3.8) is 0 Å². The molecule has 1 aliphatic rings. The summed E-state index contributed by atoms with van der Waals surface area (Å²) < 4.78 is 11.4. The molecule has 18 heavy (non-hydrogen) atoms. The van der Waals surface area contributed by atoms with Crippen molar-refractivity contribution < 1.29 is 14.4 Å². The van der Waals surface area contributed by atoms with Gasteiger partial charge in [-0.25, -0.2) is 0 Å². The van der Waals surface area contributed by atoms with Crippen LogP contribution < -0.4 is 9.64 Å². The van der Waals surface area contributed by atoms with Gasteiger partial charge in [-0.15, -0.1) is 0 Å². The highest BCUT2D eigenvalue weighted by atomic mass is 16.5. The standard InChI is InChI=1S/C15H23NO2/c1-13-11-16(12-14(2)18-13)9-6-10-17-15-7-4-3-5-8-15/h3-5,7-8,13-14H,6,9-12H2,1-2H3/p+1/t13-,14-/m1/s1. The second-order valence-electron chi connectivity index (χ2n) is 5.18. The van der Waals surface area contributed by atoms with Crippen LogP contribution in [0.15, 0.2) is 30.3 Å². The Kier molecular flexibility index (Phi) is 5.02. The van der Waals surface area contributed by atoms with E-state index in [2.05, 4.69) is 13.8 Å².